The van der Waals surface area contributed by atoms with Gasteiger partial charge in [0.05, 0.1) is 19.2 Å². The Hall–Kier alpha value is -2.47. The predicted molar refractivity (Wildman–Crippen MR) is 103 cm³/mol. The van der Waals surface area contributed by atoms with Gasteiger partial charge in [0.2, 0.25) is 5.91 Å². The molecule has 2 aliphatic heterocycles. The maximum Gasteiger partial charge on any atom is 0.227 e. The molecule has 1 aromatic carbocycles. The Labute approximate surface area is 160 Å². The molecule has 2 aliphatic rings. The number of amides is 1. The molecular formula is C21H26N4O2. The summed E-state index contributed by atoms with van der Waals surface area (Å²) < 4.78 is 5.29. The van der Waals surface area contributed by atoms with E-state index in [-0.39, 0.29) is 5.91 Å². The molecule has 0 saturated carbocycles. The number of hydrogen-bond donors (Lipinski definition) is 1. The highest BCUT2D eigenvalue weighted by Crippen LogP contribution is 2.24. The fourth-order valence-electron chi connectivity index (χ4n) is 3.95. The van der Waals surface area contributed by atoms with E-state index in [2.05, 4.69) is 10.3 Å². The molecule has 1 N–H and O–H groups in total. The van der Waals surface area contributed by atoms with Crippen molar-refractivity contribution < 1.29 is 9.53 Å². The van der Waals surface area contributed by atoms with Gasteiger partial charge in [-0.15, -0.1) is 0 Å². The zero-order valence-corrected chi connectivity index (χ0v) is 16.0. The molecular weight excluding hydrogens is 340 g/mol. The number of benzene rings is 1. The Morgan fingerprint density at radius 1 is 1.41 bits per heavy atom. The highest BCUT2D eigenvalue weighted by atomic mass is 16.5. The van der Waals surface area contributed by atoms with E-state index in [1.807, 2.05) is 36.2 Å². The number of nitrogens with zero attached hydrogens (tertiary/aromatic N) is 3. The third kappa shape index (κ3) is 3.81. The van der Waals surface area contributed by atoms with Crippen LogP contribution in [0.5, 0.6) is 5.75 Å². The molecule has 1 saturated heterocycles. The number of methoxy groups -OCH3 is 1. The third-order valence-corrected chi connectivity index (χ3v) is 5.55. The van der Waals surface area contributed by atoms with E-state index >= 15 is 0 Å². The van der Waals surface area contributed by atoms with Crippen LogP contribution in [0.15, 0.2) is 24.4 Å². The fourth-order valence-corrected chi connectivity index (χ4v) is 3.95. The van der Waals surface area contributed by atoms with Crippen LogP contribution < -0.4 is 10.1 Å². The van der Waals surface area contributed by atoms with Crippen molar-refractivity contribution in [3.8, 4) is 5.75 Å². The molecule has 1 atom stereocenters. The van der Waals surface area contributed by atoms with Crippen molar-refractivity contribution in [2.75, 3.05) is 26.7 Å². The van der Waals surface area contributed by atoms with Crippen LogP contribution in [0.1, 0.15) is 40.5 Å². The molecule has 1 aromatic heterocycles. The second-order valence-corrected chi connectivity index (χ2v) is 7.44. The molecule has 0 aliphatic carbocycles. The normalized spacial score (nSPS) is 19.0. The van der Waals surface area contributed by atoms with Gasteiger partial charge >= 0.3 is 0 Å². The number of ether oxygens (including phenoxy) is 1. The highest BCUT2D eigenvalue weighted by molar-refractivity contribution is 5.79. The standard InChI is InChI=1S/C21H26N4O2/c1-14-9-15(3-4-19(14)27-2)10-20(26)25-8-6-18-17(13-25)12-23-21(24-18)16-5-7-22-11-16/h3-4,9,12,16,22H,5-8,10-11,13H2,1-2H3. The van der Waals surface area contributed by atoms with Crippen LogP contribution in [0.3, 0.4) is 0 Å². The Bertz CT molecular complexity index is 846. The maximum atomic E-state index is 12.8. The van der Waals surface area contributed by atoms with Gasteiger partial charge in [-0.05, 0) is 37.1 Å². The monoisotopic (exact) mass is 366 g/mol. The Balaban J connectivity index is 1.42. The molecule has 4 rings (SSSR count). The van der Waals surface area contributed by atoms with Gasteiger partial charge in [0.1, 0.15) is 11.6 Å². The van der Waals surface area contributed by atoms with Gasteiger partial charge in [0, 0.05) is 43.7 Å². The minimum absolute atomic E-state index is 0.147. The van der Waals surface area contributed by atoms with E-state index in [9.17, 15) is 4.79 Å². The number of carbonyl (C=O) groups is 1. The summed E-state index contributed by atoms with van der Waals surface area (Å²) in [6.45, 7) is 5.33. The minimum Gasteiger partial charge on any atom is -0.496 e. The van der Waals surface area contributed by atoms with Crippen molar-refractivity contribution >= 4 is 5.91 Å². The number of nitrogens with one attached hydrogen (secondary N) is 1. The van der Waals surface area contributed by atoms with Gasteiger partial charge in [-0.2, -0.15) is 0 Å². The van der Waals surface area contributed by atoms with Gasteiger partial charge in [0.15, 0.2) is 0 Å². The number of rotatable bonds is 4. The first-order chi connectivity index (χ1) is 13.1. The second-order valence-electron chi connectivity index (χ2n) is 7.44. The zero-order valence-electron chi connectivity index (χ0n) is 16.0. The smallest absolute Gasteiger partial charge is 0.227 e. The summed E-state index contributed by atoms with van der Waals surface area (Å²) in [5.41, 5.74) is 4.25. The van der Waals surface area contributed by atoms with Crippen LogP contribution in [0.2, 0.25) is 0 Å². The molecule has 6 nitrogen and oxygen atoms in total. The van der Waals surface area contributed by atoms with Gasteiger partial charge in [-0.3, -0.25) is 4.79 Å². The average molecular weight is 366 g/mol. The topological polar surface area (TPSA) is 67.3 Å². The zero-order chi connectivity index (χ0) is 18.8. The van der Waals surface area contributed by atoms with Crippen molar-refractivity contribution in [3.05, 3.63) is 52.6 Å². The Morgan fingerprint density at radius 2 is 2.30 bits per heavy atom. The SMILES string of the molecule is COc1ccc(CC(=O)N2CCc3nc(C4CCNC4)ncc3C2)cc1C. The lowest BCUT2D eigenvalue weighted by Gasteiger charge is -2.28. The third-order valence-electron chi connectivity index (χ3n) is 5.55. The van der Waals surface area contributed by atoms with E-state index < -0.39 is 0 Å². The van der Waals surface area contributed by atoms with Crippen molar-refractivity contribution in [3.63, 3.8) is 0 Å². The van der Waals surface area contributed by atoms with Crippen molar-refractivity contribution in [2.45, 2.75) is 38.6 Å². The molecule has 2 aromatic rings. The quantitative estimate of drug-likeness (QED) is 0.896. The molecule has 0 spiro atoms. The molecule has 1 amide bonds. The van der Waals surface area contributed by atoms with Crippen LogP contribution in [0.25, 0.3) is 0 Å². The lowest BCUT2D eigenvalue weighted by atomic mass is 10.0. The number of aromatic nitrogens is 2. The molecule has 1 unspecified atom stereocenters. The molecule has 27 heavy (non-hydrogen) atoms. The van der Waals surface area contributed by atoms with Crippen LogP contribution in [-0.2, 0) is 24.2 Å². The minimum atomic E-state index is 0.147. The van der Waals surface area contributed by atoms with Crippen LogP contribution in [-0.4, -0.2) is 47.5 Å². The first-order valence-electron chi connectivity index (χ1n) is 9.60. The van der Waals surface area contributed by atoms with Crippen LogP contribution >= 0.6 is 0 Å². The first kappa shape index (κ1) is 17.9. The average Bonchev–Trinajstić information content (AvgIpc) is 3.22. The van der Waals surface area contributed by atoms with E-state index in [1.54, 1.807) is 7.11 Å². The van der Waals surface area contributed by atoms with Crippen molar-refractivity contribution in [1.82, 2.24) is 20.2 Å². The van der Waals surface area contributed by atoms with Gasteiger partial charge in [0.25, 0.3) is 0 Å². The largest absolute Gasteiger partial charge is 0.496 e. The molecule has 0 bridgehead atoms. The van der Waals surface area contributed by atoms with E-state index in [0.29, 0.717) is 18.9 Å². The second kappa shape index (κ2) is 7.64. The maximum absolute atomic E-state index is 12.8. The molecule has 0 radical (unpaired) electrons. The molecule has 3 heterocycles. The summed E-state index contributed by atoms with van der Waals surface area (Å²) in [4.78, 5) is 24.1. The number of aryl methyl sites for hydroxylation is 1. The lowest BCUT2D eigenvalue weighted by molar-refractivity contribution is -0.131. The number of hydrogen-bond acceptors (Lipinski definition) is 5. The summed E-state index contributed by atoms with van der Waals surface area (Å²) in [5, 5.41) is 3.37. The fraction of sp³-hybridized carbons (Fsp3) is 0.476. The molecule has 6 heteroatoms. The molecule has 1 fully saturated rings. The van der Waals surface area contributed by atoms with E-state index in [4.69, 9.17) is 9.72 Å². The van der Waals surface area contributed by atoms with E-state index in [1.165, 1.54) is 0 Å². The summed E-state index contributed by atoms with van der Waals surface area (Å²) in [7, 11) is 1.66. The summed E-state index contributed by atoms with van der Waals surface area (Å²) in [6, 6.07) is 5.92. The van der Waals surface area contributed by atoms with Crippen LogP contribution in [0, 0.1) is 6.92 Å². The summed E-state index contributed by atoms with van der Waals surface area (Å²) >= 11 is 0. The predicted octanol–water partition coefficient (Wildman–Crippen LogP) is 2.00. The Kier molecular flexibility index (Phi) is 5.07. The molecule has 142 valence electrons. The van der Waals surface area contributed by atoms with Gasteiger partial charge in [-0.1, -0.05) is 12.1 Å². The van der Waals surface area contributed by atoms with Crippen molar-refractivity contribution in [2.24, 2.45) is 0 Å². The first-order valence-corrected chi connectivity index (χ1v) is 9.60. The summed E-state index contributed by atoms with van der Waals surface area (Å²) in [5.74, 6) is 2.37. The Morgan fingerprint density at radius 3 is 3.04 bits per heavy atom. The highest BCUT2D eigenvalue weighted by Gasteiger charge is 2.25. The van der Waals surface area contributed by atoms with Crippen LogP contribution in [0.4, 0.5) is 0 Å². The number of carbonyl (C=O) groups excluding carboxylic acids is 1. The van der Waals surface area contributed by atoms with Gasteiger partial charge in [-0.25, -0.2) is 9.97 Å². The summed E-state index contributed by atoms with van der Waals surface area (Å²) in [6.07, 6.45) is 4.24. The lowest BCUT2D eigenvalue weighted by Crippen LogP contribution is -2.37. The number of fused-ring (bicyclic) bond motifs is 1. The van der Waals surface area contributed by atoms with Gasteiger partial charge < -0.3 is 15.0 Å². The van der Waals surface area contributed by atoms with Crippen molar-refractivity contribution in [1.29, 1.82) is 0 Å². The van der Waals surface area contributed by atoms with E-state index in [0.717, 1.165) is 66.4 Å².